The first-order valence-corrected chi connectivity index (χ1v) is 6.85. The number of carboxylic acids is 1. The van der Waals surface area contributed by atoms with Gasteiger partial charge in [-0.25, -0.2) is 4.79 Å². The van der Waals surface area contributed by atoms with Crippen molar-refractivity contribution in [3.63, 3.8) is 0 Å². The van der Waals surface area contributed by atoms with Gasteiger partial charge in [0.05, 0.1) is 8.95 Å². The molecule has 0 heterocycles. The fraction of sp³-hybridized carbons (Fsp3) is 0. The van der Waals surface area contributed by atoms with E-state index in [0.717, 1.165) is 19.5 Å². The Morgan fingerprint density at radius 1 is 1.19 bits per heavy atom. The first-order valence-electron chi connectivity index (χ1n) is 3.68. The highest BCUT2D eigenvalue weighted by molar-refractivity contribution is 9.15. The molecule has 0 bridgehead atoms. The maximum atomic E-state index is 9.28. The number of rotatable bonds is 1. The second-order valence-electron chi connectivity index (χ2n) is 2.36. The molecule has 0 atom stereocenters. The van der Waals surface area contributed by atoms with Crippen molar-refractivity contribution in [3.05, 3.63) is 36.6 Å². The Kier molecular flexibility index (Phi) is 7.54. The first kappa shape index (κ1) is 16.1. The summed E-state index contributed by atoms with van der Waals surface area (Å²) >= 11 is 13.1. The van der Waals surface area contributed by atoms with Gasteiger partial charge in [0.2, 0.25) is 0 Å². The van der Waals surface area contributed by atoms with Crippen molar-refractivity contribution in [3.8, 4) is 5.75 Å². The summed E-state index contributed by atoms with van der Waals surface area (Å²) in [5, 5.41) is 16.9. The van der Waals surface area contributed by atoms with Crippen LogP contribution in [-0.2, 0) is 4.79 Å². The Morgan fingerprint density at radius 3 is 2.00 bits per heavy atom. The third-order valence-corrected chi connectivity index (χ3v) is 5.90. The molecule has 0 fully saturated rings. The van der Waals surface area contributed by atoms with Crippen LogP contribution in [0, 0.1) is 0 Å². The highest BCUT2D eigenvalue weighted by Gasteiger charge is 2.09. The van der Waals surface area contributed by atoms with Crippen LogP contribution in [0.5, 0.6) is 5.75 Å². The molecule has 0 unspecified atom stereocenters. The summed E-state index contributed by atoms with van der Waals surface area (Å²) in [5.41, 5.74) is 0. The number of phenolic OH excluding ortho intramolecular Hbond substituents is 1. The number of aliphatic carboxylic acids is 1. The molecule has 16 heavy (non-hydrogen) atoms. The normalized spacial score (nSPS) is 9.00. The number of hydrogen-bond acceptors (Lipinski definition) is 2. The number of aromatic hydroxyl groups is 1. The van der Waals surface area contributed by atoms with Gasteiger partial charge in [0.15, 0.2) is 0 Å². The van der Waals surface area contributed by atoms with Gasteiger partial charge in [-0.15, -0.1) is 0 Å². The summed E-state index contributed by atoms with van der Waals surface area (Å²) in [5.74, 6) is -0.781. The summed E-state index contributed by atoms with van der Waals surface area (Å²) in [4.78, 5) is 9.25. The lowest BCUT2D eigenvalue weighted by molar-refractivity contribution is -0.131. The van der Waals surface area contributed by atoms with Crippen molar-refractivity contribution < 1.29 is 15.0 Å². The van der Waals surface area contributed by atoms with Crippen LogP contribution >= 0.6 is 63.7 Å². The molecule has 0 saturated carbocycles. The zero-order valence-electron chi connectivity index (χ0n) is 7.68. The summed E-state index contributed by atoms with van der Waals surface area (Å²) in [6.07, 6.45) is 0.833. The smallest absolute Gasteiger partial charge is 0.327 e. The minimum absolute atomic E-state index is 0.201. The number of carboxylic acid groups (broad SMARTS) is 1. The van der Waals surface area contributed by atoms with Crippen LogP contribution in [0.4, 0.5) is 0 Å². The summed E-state index contributed by atoms with van der Waals surface area (Å²) in [6.45, 7) is 2.96. The topological polar surface area (TPSA) is 57.5 Å². The molecule has 3 nitrogen and oxygen atoms in total. The molecule has 1 rings (SSSR count). The van der Waals surface area contributed by atoms with Crippen LogP contribution in [0.25, 0.3) is 0 Å². The molecule has 0 amide bonds. The summed E-state index contributed by atoms with van der Waals surface area (Å²) in [7, 11) is 0. The van der Waals surface area contributed by atoms with Crippen LogP contribution in [0.1, 0.15) is 0 Å². The maximum absolute atomic E-state index is 9.28. The monoisotopic (exact) mass is 478 g/mol. The van der Waals surface area contributed by atoms with Gasteiger partial charge >= 0.3 is 5.97 Å². The van der Waals surface area contributed by atoms with E-state index in [2.05, 4.69) is 70.3 Å². The predicted octanol–water partition coefficient (Wildman–Crippen LogP) is 4.70. The second kappa shape index (κ2) is 7.47. The highest BCUT2D eigenvalue weighted by atomic mass is 79.9. The second-order valence-corrected chi connectivity index (χ2v) is 5.60. The number of carbonyl (C=O) groups is 1. The molecule has 0 radical (unpaired) electrons. The van der Waals surface area contributed by atoms with Crippen molar-refractivity contribution in [2.45, 2.75) is 0 Å². The van der Waals surface area contributed by atoms with Crippen molar-refractivity contribution in [2.24, 2.45) is 0 Å². The predicted molar refractivity (Wildman–Crippen MR) is 76.7 cm³/mol. The van der Waals surface area contributed by atoms with E-state index in [4.69, 9.17) is 5.11 Å². The molecular formula is C9H6Br4O3. The molecule has 0 spiro atoms. The minimum atomic E-state index is -0.981. The van der Waals surface area contributed by atoms with Gasteiger partial charge in [-0.2, -0.15) is 0 Å². The molecule has 0 saturated heterocycles. The zero-order chi connectivity index (χ0) is 12.9. The van der Waals surface area contributed by atoms with Crippen molar-refractivity contribution in [1.82, 2.24) is 0 Å². The fourth-order valence-electron chi connectivity index (χ4n) is 0.560. The lowest BCUT2D eigenvalue weighted by Crippen LogP contribution is -1.82. The fourth-order valence-corrected chi connectivity index (χ4v) is 2.55. The van der Waals surface area contributed by atoms with E-state index < -0.39 is 5.97 Å². The van der Waals surface area contributed by atoms with Crippen LogP contribution in [0.15, 0.2) is 36.6 Å². The molecule has 0 aliphatic rings. The molecular weight excluding hydrogens is 476 g/mol. The van der Waals surface area contributed by atoms with E-state index in [1.165, 1.54) is 0 Å². The SMILES string of the molecule is C=CC(=O)O.Oc1cc(Br)c(Br)c(Br)c1Br. The molecule has 7 heteroatoms. The Bertz CT molecular complexity index is 391. The first-order chi connectivity index (χ1) is 7.31. The van der Waals surface area contributed by atoms with Crippen LogP contribution in [0.3, 0.4) is 0 Å². The van der Waals surface area contributed by atoms with Crippen LogP contribution in [-0.4, -0.2) is 16.2 Å². The Hall–Kier alpha value is 0.150. The molecule has 1 aromatic rings. The van der Waals surface area contributed by atoms with Crippen molar-refractivity contribution in [2.75, 3.05) is 0 Å². The van der Waals surface area contributed by atoms with E-state index in [1.807, 2.05) is 0 Å². The van der Waals surface area contributed by atoms with Gasteiger partial charge in [-0.3, -0.25) is 0 Å². The average Bonchev–Trinajstić information content (AvgIpc) is 2.24. The lowest BCUT2D eigenvalue weighted by Gasteiger charge is -2.03. The van der Waals surface area contributed by atoms with Gasteiger partial charge in [-0.1, -0.05) is 6.58 Å². The summed E-state index contributed by atoms with van der Waals surface area (Å²) < 4.78 is 3.13. The zero-order valence-corrected chi connectivity index (χ0v) is 14.0. The van der Waals surface area contributed by atoms with E-state index >= 15 is 0 Å². The Labute approximate surface area is 126 Å². The van der Waals surface area contributed by atoms with E-state index in [0.29, 0.717) is 4.47 Å². The molecule has 0 aliphatic carbocycles. The van der Waals surface area contributed by atoms with E-state index in [-0.39, 0.29) is 5.75 Å². The van der Waals surface area contributed by atoms with E-state index in [9.17, 15) is 9.90 Å². The number of halogens is 4. The lowest BCUT2D eigenvalue weighted by atomic mass is 10.3. The number of phenols is 1. The highest BCUT2D eigenvalue weighted by Crippen LogP contribution is 2.41. The largest absolute Gasteiger partial charge is 0.507 e. The molecule has 2 N–H and O–H groups in total. The van der Waals surface area contributed by atoms with Gasteiger partial charge in [0.25, 0.3) is 0 Å². The van der Waals surface area contributed by atoms with Crippen molar-refractivity contribution in [1.29, 1.82) is 0 Å². The Morgan fingerprint density at radius 2 is 1.62 bits per heavy atom. The van der Waals surface area contributed by atoms with Gasteiger partial charge in [0, 0.05) is 15.0 Å². The molecule has 1 aromatic carbocycles. The Balaban J connectivity index is 0.000000385. The molecule has 88 valence electrons. The van der Waals surface area contributed by atoms with E-state index in [1.54, 1.807) is 6.07 Å². The van der Waals surface area contributed by atoms with Gasteiger partial charge in [0.1, 0.15) is 5.75 Å². The molecule has 0 aliphatic heterocycles. The maximum Gasteiger partial charge on any atom is 0.327 e. The quantitative estimate of drug-likeness (QED) is 0.347. The standard InChI is InChI=1S/C6H2Br4O.C3H4O2/c7-2-1-3(11)5(9)6(10)4(2)8;1-2-3(4)5/h1,11H;2H,1H2,(H,4,5). The summed E-state index contributed by atoms with van der Waals surface area (Å²) in [6, 6.07) is 1.61. The number of benzene rings is 1. The average molecular weight is 482 g/mol. The minimum Gasteiger partial charge on any atom is -0.507 e. The van der Waals surface area contributed by atoms with Crippen LogP contribution < -0.4 is 0 Å². The van der Waals surface area contributed by atoms with Gasteiger partial charge in [-0.05, 0) is 69.8 Å². The van der Waals surface area contributed by atoms with Crippen molar-refractivity contribution >= 4 is 69.7 Å². The molecule has 0 aromatic heterocycles. The third-order valence-electron chi connectivity index (χ3n) is 1.26. The number of hydrogen-bond donors (Lipinski definition) is 2. The van der Waals surface area contributed by atoms with Gasteiger partial charge < -0.3 is 10.2 Å². The van der Waals surface area contributed by atoms with Crippen LogP contribution in [0.2, 0.25) is 0 Å². The third kappa shape index (κ3) is 4.99.